The van der Waals surface area contributed by atoms with Crippen molar-refractivity contribution < 1.29 is 9.50 Å². The van der Waals surface area contributed by atoms with Gasteiger partial charge in [-0.05, 0) is 49.7 Å². The van der Waals surface area contributed by atoms with Crippen molar-refractivity contribution in [3.8, 4) is 0 Å². The third-order valence-electron chi connectivity index (χ3n) is 2.98. The molecular weight excluding hydrogens is 243 g/mol. The maximum Gasteiger partial charge on any atom is 0.132 e. The number of pyridine rings is 1. The molecule has 2 aromatic rings. The van der Waals surface area contributed by atoms with Crippen LogP contribution in [0.25, 0.3) is 0 Å². The van der Waals surface area contributed by atoms with Crippen LogP contribution in [0.15, 0.2) is 42.6 Å². The summed E-state index contributed by atoms with van der Waals surface area (Å²) in [5.41, 5.74) is 1.67. The van der Waals surface area contributed by atoms with Crippen LogP contribution in [-0.4, -0.2) is 16.6 Å². The third kappa shape index (κ3) is 3.09. The number of aromatic nitrogens is 1. The molecule has 2 rings (SSSR count). The predicted octanol–water partition coefficient (Wildman–Crippen LogP) is 3.43. The first-order chi connectivity index (χ1) is 9.11. The second kappa shape index (κ2) is 5.80. The van der Waals surface area contributed by atoms with Gasteiger partial charge in [-0.15, -0.1) is 0 Å². The fourth-order valence-electron chi connectivity index (χ4n) is 1.90. The van der Waals surface area contributed by atoms with E-state index in [0.29, 0.717) is 0 Å². The Morgan fingerprint density at radius 1 is 1.21 bits per heavy atom. The Morgan fingerprint density at radius 3 is 2.37 bits per heavy atom. The van der Waals surface area contributed by atoms with Crippen LogP contribution in [0.2, 0.25) is 0 Å². The Bertz CT molecular complexity index is 523. The normalized spacial score (nSPS) is 12.2. The highest BCUT2D eigenvalue weighted by Crippen LogP contribution is 2.24. The first-order valence-electron chi connectivity index (χ1n) is 6.29. The van der Waals surface area contributed by atoms with Crippen molar-refractivity contribution in [1.82, 2.24) is 4.98 Å². The van der Waals surface area contributed by atoms with Crippen LogP contribution < -0.4 is 4.90 Å². The summed E-state index contributed by atoms with van der Waals surface area (Å²) in [4.78, 5) is 6.32. The van der Waals surface area contributed by atoms with E-state index in [1.54, 1.807) is 25.3 Å². The van der Waals surface area contributed by atoms with Gasteiger partial charge in [0.25, 0.3) is 0 Å². The van der Waals surface area contributed by atoms with Crippen molar-refractivity contribution in [3.63, 3.8) is 0 Å². The van der Waals surface area contributed by atoms with E-state index in [2.05, 4.69) is 4.98 Å². The Morgan fingerprint density at radius 2 is 1.89 bits per heavy atom. The molecule has 0 fully saturated rings. The van der Waals surface area contributed by atoms with Gasteiger partial charge in [-0.1, -0.05) is 6.07 Å². The first kappa shape index (κ1) is 13.5. The molecule has 0 saturated carbocycles. The van der Waals surface area contributed by atoms with Crippen molar-refractivity contribution in [3.05, 3.63) is 54.0 Å². The van der Waals surface area contributed by atoms with Gasteiger partial charge in [0.1, 0.15) is 11.6 Å². The zero-order valence-electron chi connectivity index (χ0n) is 11.0. The molecule has 19 heavy (non-hydrogen) atoms. The molecule has 0 aliphatic rings. The largest absolute Gasteiger partial charge is 0.389 e. The summed E-state index contributed by atoms with van der Waals surface area (Å²) >= 11 is 0. The van der Waals surface area contributed by atoms with E-state index in [-0.39, 0.29) is 5.82 Å². The smallest absolute Gasteiger partial charge is 0.132 e. The SMILES string of the molecule is CCN(c1ccc(F)cc1)c1ccc([C@@H](C)O)cn1. The molecule has 0 spiro atoms. The number of aliphatic hydroxyl groups is 1. The lowest BCUT2D eigenvalue weighted by Gasteiger charge is -2.22. The van der Waals surface area contributed by atoms with E-state index in [1.807, 2.05) is 24.0 Å². The Labute approximate surface area is 112 Å². The highest BCUT2D eigenvalue weighted by molar-refractivity contribution is 5.59. The maximum atomic E-state index is 12.9. The molecule has 0 unspecified atom stereocenters. The van der Waals surface area contributed by atoms with Crippen molar-refractivity contribution in [1.29, 1.82) is 0 Å². The van der Waals surface area contributed by atoms with E-state index >= 15 is 0 Å². The fraction of sp³-hybridized carbons (Fsp3) is 0.267. The Hall–Kier alpha value is -1.94. The van der Waals surface area contributed by atoms with E-state index in [9.17, 15) is 9.50 Å². The van der Waals surface area contributed by atoms with Gasteiger partial charge in [0.15, 0.2) is 0 Å². The molecule has 3 nitrogen and oxygen atoms in total. The molecule has 1 heterocycles. The van der Waals surface area contributed by atoms with Gasteiger partial charge in [0, 0.05) is 18.4 Å². The molecule has 0 bridgehead atoms. The van der Waals surface area contributed by atoms with E-state index < -0.39 is 6.10 Å². The summed E-state index contributed by atoms with van der Waals surface area (Å²) in [5, 5.41) is 9.46. The monoisotopic (exact) mass is 260 g/mol. The Balaban J connectivity index is 2.28. The van der Waals surface area contributed by atoms with Crippen molar-refractivity contribution in [2.24, 2.45) is 0 Å². The third-order valence-corrected chi connectivity index (χ3v) is 2.98. The van der Waals surface area contributed by atoms with Crippen LogP contribution in [0.1, 0.15) is 25.5 Å². The van der Waals surface area contributed by atoms with Gasteiger partial charge in [0.05, 0.1) is 6.10 Å². The lowest BCUT2D eigenvalue weighted by atomic mass is 10.2. The summed E-state index contributed by atoms with van der Waals surface area (Å²) in [7, 11) is 0. The average molecular weight is 260 g/mol. The topological polar surface area (TPSA) is 36.4 Å². The fourth-order valence-corrected chi connectivity index (χ4v) is 1.90. The predicted molar refractivity (Wildman–Crippen MR) is 74.0 cm³/mol. The minimum atomic E-state index is -0.526. The minimum Gasteiger partial charge on any atom is -0.389 e. The summed E-state index contributed by atoms with van der Waals surface area (Å²) in [6.45, 7) is 4.44. The quantitative estimate of drug-likeness (QED) is 0.915. The molecule has 0 saturated heterocycles. The summed E-state index contributed by atoms with van der Waals surface area (Å²) in [5.74, 6) is 0.524. The van der Waals surface area contributed by atoms with Gasteiger partial charge >= 0.3 is 0 Å². The number of aliphatic hydroxyl groups excluding tert-OH is 1. The summed E-state index contributed by atoms with van der Waals surface area (Å²) in [6, 6.07) is 10.0. The van der Waals surface area contributed by atoms with Gasteiger partial charge in [-0.25, -0.2) is 9.37 Å². The molecular formula is C15H17FN2O. The highest BCUT2D eigenvalue weighted by atomic mass is 19.1. The van der Waals surface area contributed by atoms with E-state index in [1.165, 1.54) is 12.1 Å². The van der Waals surface area contributed by atoms with E-state index in [4.69, 9.17) is 0 Å². The van der Waals surface area contributed by atoms with Crippen molar-refractivity contribution >= 4 is 11.5 Å². The lowest BCUT2D eigenvalue weighted by Crippen LogP contribution is -2.17. The van der Waals surface area contributed by atoms with Crippen molar-refractivity contribution in [2.75, 3.05) is 11.4 Å². The lowest BCUT2D eigenvalue weighted by molar-refractivity contribution is 0.199. The standard InChI is InChI=1S/C15H17FN2O/c1-3-18(14-7-5-13(16)6-8-14)15-9-4-12(10-17-15)11(2)19/h4-11,19H,3H2,1-2H3/t11-/m1/s1. The molecule has 0 amide bonds. The van der Waals surface area contributed by atoms with Gasteiger partial charge in [-0.2, -0.15) is 0 Å². The molecule has 0 aliphatic carbocycles. The molecule has 1 N–H and O–H groups in total. The van der Waals surface area contributed by atoms with Gasteiger partial charge in [0.2, 0.25) is 0 Å². The molecule has 1 atom stereocenters. The first-order valence-corrected chi connectivity index (χ1v) is 6.29. The molecule has 1 aromatic heterocycles. The molecule has 1 aromatic carbocycles. The van der Waals surface area contributed by atoms with Gasteiger partial charge in [-0.3, -0.25) is 0 Å². The minimum absolute atomic E-state index is 0.253. The molecule has 100 valence electrons. The second-order valence-electron chi connectivity index (χ2n) is 4.35. The number of nitrogens with zero attached hydrogens (tertiary/aromatic N) is 2. The van der Waals surface area contributed by atoms with Crippen LogP contribution in [0.3, 0.4) is 0 Å². The Kier molecular flexibility index (Phi) is 4.12. The van der Waals surface area contributed by atoms with Gasteiger partial charge < -0.3 is 10.0 Å². The zero-order chi connectivity index (χ0) is 13.8. The maximum absolute atomic E-state index is 12.9. The average Bonchev–Trinajstić information content (AvgIpc) is 2.42. The number of hydrogen-bond donors (Lipinski definition) is 1. The van der Waals surface area contributed by atoms with Crippen LogP contribution >= 0.6 is 0 Å². The van der Waals surface area contributed by atoms with Crippen molar-refractivity contribution in [2.45, 2.75) is 20.0 Å². The highest BCUT2D eigenvalue weighted by Gasteiger charge is 2.09. The van der Waals surface area contributed by atoms with Crippen LogP contribution in [0.4, 0.5) is 15.9 Å². The number of halogens is 1. The van der Waals surface area contributed by atoms with Crippen LogP contribution in [0.5, 0.6) is 0 Å². The number of anilines is 2. The number of hydrogen-bond acceptors (Lipinski definition) is 3. The molecule has 0 radical (unpaired) electrons. The number of benzene rings is 1. The zero-order valence-corrected chi connectivity index (χ0v) is 11.0. The molecule has 4 heteroatoms. The van der Waals surface area contributed by atoms with E-state index in [0.717, 1.165) is 23.6 Å². The summed E-state index contributed by atoms with van der Waals surface area (Å²) < 4.78 is 12.9. The number of rotatable bonds is 4. The van der Waals surface area contributed by atoms with Crippen LogP contribution in [0, 0.1) is 5.82 Å². The second-order valence-corrected chi connectivity index (χ2v) is 4.35. The molecule has 0 aliphatic heterocycles. The van der Waals surface area contributed by atoms with Crippen LogP contribution in [-0.2, 0) is 0 Å². The summed E-state index contributed by atoms with van der Waals surface area (Å²) in [6.07, 6.45) is 1.13.